The summed E-state index contributed by atoms with van der Waals surface area (Å²) < 4.78 is 37.8. The normalized spacial score (nSPS) is 22.5. The van der Waals surface area contributed by atoms with Crippen LogP contribution in [-0.4, -0.2) is 17.1 Å². The minimum atomic E-state index is -4.31. The fraction of sp³-hybridized carbons (Fsp3) is 0.562. The van der Waals surface area contributed by atoms with Crippen molar-refractivity contribution in [1.82, 2.24) is 5.32 Å². The lowest BCUT2D eigenvalue weighted by molar-refractivity contribution is -0.143. The van der Waals surface area contributed by atoms with Crippen molar-refractivity contribution in [3.8, 4) is 0 Å². The summed E-state index contributed by atoms with van der Waals surface area (Å²) in [5.74, 6) is -0.997. The van der Waals surface area contributed by atoms with Gasteiger partial charge < -0.3 is 10.4 Å². The quantitative estimate of drug-likeness (QED) is 0.890. The Kier molecular flexibility index (Phi) is 5.11. The SMILES string of the molecule is Cc1cc(C(F)(F)F)ccc1CNC1CCC(C(=O)O)CC1. The van der Waals surface area contributed by atoms with Gasteiger partial charge in [-0.25, -0.2) is 0 Å². The molecule has 6 heteroatoms. The van der Waals surface area contributed by atoms with Crippen molar-refractivity contribution < 1.29 is 23.1 Å². The van der Waals surface area contributed by atoms with Crippen LogP contribution in [0.4, 0.5) is 13.2 Å². The molecule has 1 aliphatic carbocycles. The predicted molar refractivity (Wildman–Crippen MR) is 76.4 cm³/mol. The summed E-state index contributed by atoms with van der Waals surface area (Å²) in [5.41, 5.74) is 0.825. The standard InChI is InChI=1S/C16H20F3NO2/c1-10-8-13(16(17,18)19)5-2-12(10)9-20-14-6-3-11(4-7-14)15(21)22/h2,5,8,11,14,20H,3-4,6-7,9H2,1H3,(H,21,22). The first kappa shape index (κ1) is 16.8. The largest absolute Gasteiger partial charge is 0.481 e. The van der Waals surface area contributed by atoms with Gasteiger partial charge in [0.2, 0.25) is 0 Å². The zero-order chi connectivity index (χ0) is 16.3. The number of carboxylic acids is 1. The van der Waals surface area contributed by atoms with Crippen LogP contribution in [-0.2, 0) is 17.5 Å². The molecule has 3 nitrogen and oxygen atoms in total. The number of hydrogen-bond donors (Lipinski definition) is 2. The van der Waals surface area contributed by atoms with Gasteiger partial charge in [-0.1, -0.05) is 6.07 Å². The Labute approximate surface area is 127 Å². The van der Waals surface area contributed by atoms with E-state index in [9.17, 15) is 18.0 Å². The van der Waals surface area contributed by atoms with E-state index in [1.54, 1.807) is 6.92 Å². The van der Waals surface area contributed by atoms with E-state index in [1.165, 1.54) is 12.1 Å². The molecule has 0 aromatic heterocycles. The molecule has 1 aromatic rings. The maximum absolute atomic E-state index is 12.6. The summed E-state index contributed by atoms with van der Waals surface area (Å²) >= 11 is 0. The predicted octanol–water partition coefficient (Wildman–Crippen LogP) is 3.75. The summed E-state index contributed by atoms with van der Waals surface area (Å²) in [4.78, 5) is 10.9. The van der Waals surface area contributed by atoms with Crippen LogP contribution < -0.4 is 5.32 Å². The third-order valence-electron chi connectivity index (χ3n) is 4.33. The van der Waals surface area contributed by atoms with Crippen molar-refractivity contribution in [2.45, 2.75) is 51.4 Å². The number of alkyl halides is 3. The molecule has 1 aliphatic rings. The Morgan fingerprint density at radius 1 is 1.27 bits per heavy atom. The number of benzene rings is 1. The summed E-state index contributed by atoms with van der Waals surface area (Å²) in [7, 11) is 0. The first-order valence-corrected chi connectivity index (χ1v) is 7.40. The van der Waals surface area contributed by atoms with Crippen LogP contribution in [0, 0.1) is 12.8 Å². The van der Waals surface area contributed by atoms with Crippen LogP contribution in [0.15, 0.2) is 18.2 Å². The van der Waals surface area contributed by atoms with Gasteiger partial charge in [-0.15, -0.1) is 0 Å². The Balaban J connectivity index is 1.89. The third kappa shape index (κ3) is 4.22. The maximum Gasteiger partial charge on any atom is 0.416 e. The Bertz CT molecular complexity index is 535. The second-order valence-electron chi connectivity index (χ2n) is 5.91. The molecule has 0 saturated heterocycles. The van der Waals surface area contributed by atoms with Gasteiger partial charge in [0.05, 0.1) is 11.5 Å². The van der Waals surface area contributed by atoms with Gasteiger partial charge in [0.1, 0.15) is 0 Å². The highest BCUT2D eigenvalue weighted by molar-refractivity contribution is 5.70. The van der Waals surface area contributed by atoms with Crippen LogP contribution in [0.3, 0.4) is 0 Å². The fourth-order valence-corrected chi connectivity index (χ4v) is 2.87. The maximum atomic E-state index is 12.6. The van der Waals surface area contributed by atoms with Gasteiger partial charge in [-0.05, 0) is 55.9 Å². The van der Waals surface area contributed by atoms with E-state index in [0.717, 1.165) is 24.5 Å². The summed E-state index contributed by atoms with van der Waals surface area (Å²) in [6.07, 6.45) is -1.43. The van der Waals surface area contributed by atoms with E-state index in [-0.39, 0.29) is 12.0 Å². The molecular formula is C16H20F3NO2. The van der Waals surface area contributed by atoms with E-state index in [2.05, 4.69) is 5.32 Å². The third-order valence-corrected chi connectivity index (χ3v) is 4.33. The molecule has 0 atom stereocenters. The number of nitrogens with one attached hydrogen (secondary N) is 1. The van der Waals surface area contributed by atoms with E-state index in [0.29, 0.717) is 24.9 Å². The number of halogens is 3. The average molecular weight is 315 g/mol. The number of aryl methyl sites for hydroxylation is 1. The molecular weight excluding hydrogens is 295 g/mol. The van der Waals surface area contributed by atoms with Gasteiger partial charge >= 0.3 is 12.1 Å². The lowest BCUT2D eigenvalue weighted by Crippen LogP contribution is -2.34. The Hall–Kier alpha value is -1.56. The van der Waals surface area contributed by atoms with Crippen molar-refractivity contribution in [2.75, 3.05) is 0 Å². The van der Waals surface area contributed by atoms with Gasteiger partial charge in [0, 0.05) is 12.6 Å². The minimum absolute atomic E-state index is 0.234. The van der Waals surface area contributed by atoms with Crippen LogP contribution in [0.5, 0.6) is 0 Å². The highest BCUT2D eigenvalue weighted by Gasteiger charge is 2.30. The molecule has 1 saturated carbocycles. The molecule has 0 bridgehead atoms. The first-order valence-electron chi connectivity index (χ1n) is 7.40. The van der Waals surface area contributed by atoms with Crippen LogP contribution in [0.1, 0.15) is 42.4 Å². The van der Waals surface area contributed by atoms with E-state index in [4.69, 9.17) is 5.11 Å². The molecule has 0 radical (unpaired) electrons. The lowest BCUT2D eigenvalue weighted by Gasteiger charge is -2.27. The molecule has 22 heavy (non-hydrogen) atoms. The van der Waals surface area contributed by atoms with Gasteiger partial charge in [0.25, 0.3) is 0 Å². The molecule has 1 fully saturated rings. The molecule has 1 aromatic carbocycles. The summed E-state index contributed by atoms with van der Waals surface area (Å²) in [6, 6.07) is 4.01. The molecule has 0 aliphatic heterocycles. The zero-order valence-electron chi connectivity index (χ0n) is 12.4. The zero-order valence-corrected chi connectivity index (χ0v) is 12.4. The minimum Gasteiger partial charge on any atom is -0.481 e. The van der Waals surface area contributed by atoms with Gasteiger partial charge in [-0.3, -0.25) is 4.79 Å². The van der Waals surface area contributed by atoms with Gasteiger partial charge in [-0.2, -0.15) is 13.2 Å². The Morgan fingerprint density at radius 2 is 1.91 bits per heavy atom. The molecule has 2 rings (SSSR count). The van der Waals surface area contributed by atoms with Crippen molar-refractivity contribution in [3.05, 3.63) is 34.9 Å². The van der Waals surface area contributed by atoms with Crippen molar-refractivity contribution in [2.24, 2.45) is 5.92 Å². The van der Waals surface area contributed by atoms with Crippen LogP contribution in [0.25, 0.3) is 0 Å². The second kappa shape index (κ2) is 6.69. The fourth-order valence-electron chi connectivity index (χ4n) is 2.87. The molecule has 122 valence electrons. The second-order valence-corrected chi connectivity index (χ2v) is 5.91. The number of carboxylic acid groups (broad SMARTS) is 1. The lowest BCUT2D eigenvalue weighted by atomic mass is 9.86. The molecule has 0 heterocycles. The van der Waals surface area contributed by atoms with Crippen LogP contribution >= 0.6 is 0 Å². The summed E-state index contributed by atoms with van der Waals surface area (Å²) in [5, 5.41) is 12.3. The monoisotopic (exact) mass is 315 g/mol. The van der Waals surface area contributed by atoms with E-state index >= 15 is 0 Å². The molecule has 2 N–H and O–H groups in total. The molecule has 0 unspecified atom stereocenters. The molecule has 0 spiro atoms. The van der Waals surface area contributed by atoms with E-state index < -0.39 is 17.7 Å². The van der Waals surface area contributed by atoms with Crippen molar-refractivity contribution >= 4 is 5.97 Å². The molecule has 0 amide bonds. The summed E-state index contributed by atoms with van der Waals surface area (Å²) in [6.45, 7) is 2.18. The van der Waals surface area contributed by atoms with E-state index in [1.807, 2.05) is 0 Å². The number of carbonyl (C=O) groups is 1. The number of rotatable bonds is 4. The van der Waals surface area contributed by atoms with Crippen molar-refractivity contribution in [1.29, 1.82) is 0 Å². The highest BCUT2D eigenvalue weighted by atomic mass is 19.4. The van der Waals surface area contributed by atoms with Crippen LogP contribution in [0.2, 0.25) is 0 Å². The topological polar surface area (TPSA) is 49.3 Å². The first-order chi connectivity index (χ1) is 10.3. The van der Waals surface area contributed by atoms with Crippen molar-refractivity contribution in [3.63, 3.8) is 0 Å². The van der Waals surface area contributed by atoms with Gasteiger partial charge in [0.15, 0.2) is 0 Å². The number of hydrogen-bond acceptors (Lipinski definition) is 2. The smallest absolute Gasteiger partial charge is 0.416 e. The average Bonchev–Trinajstić information content (AvgIpc) is 2.45. The highest BCUT2D eigenvalue weighted by Crippen LogP contribution is 2.30. The Morgan fingerprint density at radius 3 is 2.41 bits per heavy atom. The number of aliphatic carboxylic acids is 1.